The minimum absolute atomic E-state index is 0.323. The van der Waals surface area contributed by atoms with Crippen molar-refractivity contribution in [3.8, 4) is 11.1 Å². The van der Waals surface area contributed by atoms with Crippen molar-refractivity contribution >= 4 is 5.91 Å². The van der Waals surface area contributed by atoms with Crippen LogP contribution in [0, 0.1) is 12.8 Å². The number of benzene rings is 1. The van der Waals surface area contributed by atoms with E-state index < -0.39 is 0 Å². The minimum atomic E-state index is -0.323. The lowest BCUT2D eigenvalue weighted by molar-refractivity contribution is 0.1000. The highest BCUT2D eigenvalue weighted by atomic mass is 16.1. The first-order valence-electron chi connectivity index (χ1n) is 9.54. The van der Waals surface area contributed by atoms with Crippen molar-refractivity contribution in [2.45, 2.75) is 66.3 Å². The summed E-state index contributed by atoms with van der Waals surface area (Å²) in [7, 11) is 0. The number of primary amides is 1. The molecule has 1 heterocycles. The van der Waals surface area contributed by atoms with E-state index in [4.69, 9.17) is 5.73 Å². The summed E-state index contributed by atoms with van der Waals surface area (Å²) in [4.78, 5) is 12.3. The lowest BCUT2D eigenvalue weighted by Gasteiger charge is -2.14. The molecule has 2 N–H and O–H groups in total. The first-order valence-corrected chi connectivity index (χ1v) is 9.54. The molecule has 3 nitrogen and oxygen atoms in total. The maximum absolute atomic E-state index is 12.3. The van der Waals surface area contributed by atoms with Crippen molar-refractivity contribution < 1.29 is 4.79 Å². The average Bonchev–Trinajstić information content (AvgIpc) is 2.86. The largest absolute Gasteiger partial charge is 0.366 e. The van der Waals surface area contributed by atoms with Crippen molar-refractivity contribution in [2.75, 3.05) is 0 Å². The van der Waals surface area contributed by atoms with Gasteiger partial charge in [-0.25, -0.2) is 0 Å². The van der Waals surface area contributed by atoms with Crippen LogP contribution < -0.4 is 5.73 Å². The molecule has 2 aromatic rings. The van der Waals surface area contributed by atoms with Crippen molar-refractivity contribution in [2.24, 2.45) is 11.7 Å². The molecular formula is C22H32N2O. The molecule has 0 fully saturated rings. The Morgan fingerprint density at radius 2 is 1.84 bits per heavy atom. The number of carbonyl (C=O) groups is 1. The fourth-order valence-corrected chi connectivity index (χ4v) is 3.51. The number of carbonyl (C=O) groups excluding carboxylic acids is 1. The van der Waals surface area contributed by atoms with E-state index in [1.54, 1.807) is 0 Å². The summed E-state index contributed by atoms with van der Waals surface area (Å²) >= 11 is 0. The molecule has 136 valence electrons. The standard InChI is InChI=1S/C22H32N2O/c1-5-6-8-13-19-21(18-11-9-7-10-12-18)20(22(23)25)17(4)24(19)15-14-16(2)3/h7,9-12,16H,5-6,8,13-15H2,1-4H3,(H2,23,25). The van der Waals surface area contributed by atoms with Crippen molar-refractivity contribution in [3.63, 3.8) is 0 Å². The van der Waals surface area contributed by atoms with Crippen LogP contribution in [0.3, 0.4) is 0 Å². The summed E-state index contributed by atoms with van der Waals surface area (Å²) in [5.74, 6) is 0.305. The second kappa shape index (κ2) is 8.89. The molecule has 0 atom stereocenters. The van der Waals surface area contributed by atoms with Gasteiger partial charge in [-0.05, 0) is 37.7 Å². The number of nitrogens with zero attached hydrogens (tertiary/aromatic N) is 1. The molecule has 0 saturated heterocycles. The van der Waals surface area contributed by atoms with Gasteiger partial charge in [0.05, 0.1) is 5.56 Å². The Labute approximate surface area is 152 Å². The SMILES string of the molecule is CCCCCc1c(-c2ccccc2)c(C(N)=O)c(C)n1CCC(C)C. The Morgan fingerprint density at radius 3 is 2.40 bits per heavy atom. The van der Waals surface area contributed by atoms with E-state index in [-0.39, 0.29) is 5.91 Å². The fourth-order valence-electron chi connectivity index (χ4n) is 3.51. The monoisotopic (exact) mass is 340 g/mol. The van der Waals surface area contributed by atoms with E-state index >= 15 is 0 Å². The lowest BCUT2D eigenvalue weighted by atomic mass is 9.97. The molecule has 3 heteroatoms. The Morgan fingerprint density at radius 1 is 1.16 bits per heavy atom. The summed E-state index contributed by atoms with van der Waals surface area (Å²) in [5, 5.41) is 0. The van der Waals surface area contributed by atoms with E-state index in [0.29, 0.717) is 11.5 Å². The molecule has 25 heavy (non-hydrogen) atoms. The van der Waals surface area contributed by atoms with Crippen LogP contribution in [0.25, 0.3) is 11.1 Å². The molecule has 0 saturated carbocycles. The third-order valence-electron chi connectivity index (χ3n) is 4.89. The normalized spacial score (nSPS) is 11.2. The fraction of sp³-hybridized carbons (Fsp3) is 0.500. The van der Waals surface area contributed by atoms with Crippen LogP contribution in [0.2, 0.25) is 0 Å². The van der Waals surface area contributed by atoms with Crippen LogP contribution in [-0.2, 0) is 13.0 Å². The Balaban J connectivity index is 2.59. The molecule has 0 aliphatic heterocycles. The summed E-state index contributed by atoms with van der Waals surface area (Å²) in [5.41, 5.74) is 10.9. The average molecular weight is 341 g/mol. The maximum atomic E-state index is 12.3. The Bertz CT molecular complexity index is 699. The van der Waals surface area contributed by atoms with Gasteiger partial charge in [-0.15, -0.1) is 0 Å². The van der Waals surface area contributed by atoms with Crippen LogP contribution >= 0.6 is 0 Å². The van der Waals surface area contributed by atoms with E-state index in [1.165, 1.54) is 18.5 Å². The highest BCUT2D eigenvalue weighted by molar-refractivity contribution is 6.02. The summed E-state index contributed by atoms with van der Waals surface area (Å²) in [6.07, 6.45) is 5.62. The number of aromatic nitrogens is 1. The topological polar surface area (TPSA) is 48.0 Å². The molecule has 1 aromatic carbocycles. The quantitative estimate of drug-likeness (QED) is 0.615. The van der Waals surface area contributed by atoms with E-state index in [2.05, 4.69) is 37.5 Å². The third-order valence-corrected chi connectivity index (χ3v) is 4.89. The van der Waals surface area contributed by atoms with Gasteiger partial charge < -0.3 is 10.3 Å². The molecule has 0 radical (unpaired) electrons. The zero-order valence-electron chi connectivity index (χ0n) is 16.1. The first-order chi connectivity index (χ1) is 12.0. The molecule has 0 aliphatic carbocycles. The molecule has 1 aromatic heterocycles. The molecule has 0 spiro atoms. The smallest absolute Gasteiger partial charge is 0.251 e. The molecule has 0 aliphatic rings. The van der Waals surface area contributed by atoms with E-state index in [9.17, 15) is 4.79 Å². The van der Waals surface area contributed by atoms with Gasteiger partial charge in [-0.1, -0.05) is 63.9 Å². The molecular weight excluding hydrogens is 308 g/mol. The minimum Gasteiger partial charge on any atom is -0.366 e. The molecule has 0 bridgehead atoms. The van der Waals surface area contributed by atoms with Gasteiger partial charge >= 0.3 is 0 Å². The molecule has 0 unspecified atom stereocenters. The van der Waals surface area contributed by atoms with Gasteiger partial charge in [0.15, 0.2) is 0 Å². The second-order valence-corrected chi connectivity index (χ2v) is 7.30. The highest BCUT2D eigenvalue weighted by Gasteiger charge is 2.24. The summed E-state index contributed by atoms with van der Waals surface area (Å²) < 4.78 is 2.35. The Kier molecular flexibility index (Phi) is 6.86. The predicted molar refractivity (Wildman–Crippen MR) is 106 cm³/mol. The van der Waals surface area contributed by atoms with Gasteiger partial charge in [-0.2, -0.15) is 0 Å². The summed E-state index contributed by atoms with van der Waals surface area (Å²) in [6, 6.07) is 10.2. The third kappa shape index (κ3) is 4.53. The summed E-state index contributed by atoms with van der Waals surface area (Å²) in [6.45, 7) is 9.68. The van der Waals surface area contributed by atoms with Crippen molar-refractivity contribution in [1.82, 2.24) is 4.57 Å². The highest BCUT2D eigenvalue weighted by Crippen LogP contribution is 2.34. The van der Waals surface area contributed by atoms with Crippen LogP contribution in [0.15, 0.2) is 30.3 Å². The predicted octanol–water partition coefficient (Wildman–Crippen LogP) is 5.34. The van der Waals surface area contributed by atoms with Gasteiger partial charge in [0.1, 0.15) is 0 Å². The van der Waals surface area contributed by atoms with Gasteiger partial charge in [-0.3, -0.25) is 4.79 Å². The molecule has 2 rings (SSSR count). The van der Waals surface area contributed by atoms with Crippen LogP contribution in [-0.4, -0.2) is 10.5 Å². The number of nitrogens with two attached hydrogens (primary N) is 1. The van der Waals surface area contributed by atoms with Gasteiger partial charge in [0.25, 0.3) is 5.91 Å². The van der Waals surface area contributed by atoms with Gasteiger partial charge in [0, 0.05) is 23.5 Å². The maximum Gasteiger partial charge on any atom is 0.251 e. The van der Waals surface area contributed by atoms with Crippen LogP contribution in [0.4, 0.5) is 0 Å². The first kappa shape index (κ1) is 19.3. The van der Waals surface area contributed by atoms with E-state index in [1.807, 2.05) is 25.1 Å². The zero-order chi connectivity index (χ0) is 18.4. The number of hydrogen-bond donors (Lipinski definition) is 1. The number of rotatable bonds is 9. The van der Waals surface area contributed by atoms with E-state index in [0.717, 1.165) is 42.6 Å². The van der Waals surface area contributed by atoms with Crippen LogP contribution in [0.1, 0.15) is 68.2 Å². The lowest BCUT2D eigenvalue weighted by Crippen LogP contribution is -2.13. The van der Waals surface area contributed by atoms with Crippen molar-refractivity contribution in [3.05, 3.63) is 47.3 Å². The molecule has 1 amide bonds. The van der Waals surface area contributed by atoms with Gasteiger partial charge in [0.2, 0.25) is 0 Å². The second-order valence-electron chi connectivity index (χ2n) is 7.30. The van der Waals surface area contributed by atoms with Crippen molar-refractivity contribution in [1.29, 1.82) is 0 Å². The van der Waals surface area contributed by atoms with Crippen LogP contribution in [0.5, 0.6) is 0 Å². The number of unbranched alkanes of at least 4 members (excludes halogenated alkanes) is 2. The number of hydrogen-bond acceptors (Lipinski definition) is 1. The Hall–Kier alpha value is -2.03. The zero-order valence-corrected chi connectivity index (χ0v) is 16.1. The number of amides is 1.